The minimum Gasteiger partial charge on any atom is -0.453 e. The highest BCUT2D eigenvalue weighted by Crippen LogP contribution is 2.53. The Morgan fingerprint density at radius 1 is 0.156 bits per heavy atom. The van der Waals surface area contributed by atoms with Gasteiger partial charge < -0.3 is 37.9 Å². The molecule has 0 radical (unpaired) electrons. The Labute approximate surface area is 786 Å². The van der Waals surface area contributed by atoms with Crippen molar-refractivity contribution in [3.8, 4) is 107 Å². The van der Waals surface area contributed by atoms with Gasteiger partial charge in [-0.3, -0.25) is 0 Å². The largest absolute Gasteiger partial charge is 0.453 e. The molecule has 0 atom stereocenters. The van der Waals surface area contributed by atoms with E-state index in [1.165, 1.54) is 114 Å². The molecule has 636 valence electrons. The van der Waals surface area contributed by atoms with E-state index in [1.807, 2.05) is 23.9 Å². The Balaban J connectivity index is 0.000000109. The topological polar surface area (TPSA) is 43.0 Å². The van der Waals surface area contributed by atoms with Gasteiger partial charge in [0.1, 0.15) is 0 Å². The fourth-order valence-corrected chi connectivity index (χ4v) is 21.0. The van der Waals surface area contributed by atoms with Crippen molar-refractivity contribution in [3.05, 3.63) is 510 Å². The predicted molar refractivity (Wildman–Crippen MR) is 563 cm³/mol. The van der Waals surface area contributed by atoms with Crippen molar-refractivity contribution in [3.63, 3.8) is 0 Å². The minimum atomic E-state index is 0.858. The number of para-hydroxylation sites is 8. The summed E-state index contributed by atoms with van der Waals surface area (Å²) < 4.78 is 20.2. The van der Waals surface area contributed by atoms with E-state index in [0.717, 1.165) is 119 Å². The summed E-state index contributed by atoms with van der Waals surface area (Å²) in [6, 6.07) is 182. The van der Waals surface area contributed by atoms with Crippen LogP contribution in [0.15, 0.2) is 519 Å². The molecule has 0 N–H and O–H groups in total. The Bertz CT molecular complexity index is 8360. The Morgan fingerprint density at radius 3 is 0.756 bits per heavy atom. The standard InChI is InChI=1S/C48H32N2O.C42H28N2S.C36H24N2O/c1-3-10-33(11-4-1)35-18-25-39(26-19-35)49(40-27-20-36(21-28-40)34-12-5-2-6-13-34)41-29-22-37(23-30-41)38-24-31-45-47(32-38)51-46-17-9-15-43-42-14-7-8-16-44(42)50(45)48(43)46;1-3-10-29(11-4-1)31-18-22-33(23-19-31)43(34-24-20-32(21-25-34)30-12-5-2-6-13-30)35-26-27-40-39(28-35)44-38-16-8-7-14-36(38)37-15-9-17-41(45-40)42(37)44;1-3-10-27(11-4-1)37(28-12-5-2-6-13-28)29-21-18-25(19-22-29)26-20-23-33-35(24-26)39-34-17-9-15-31-30-14-7-8-16-32(30)38(33)36(31)34/h1-32H;1-28H;1-24H. The molecular weight excluding hydrogens is 1660 g/mol. The summed E-state index contributed by atoms with van der Waals surface area (Å²) in [5, 5.41) is 7.50. The van der Waals surface area contributed by atoms with Crippen molar-refractivity contribution in [1.29, 1.82) is 0 Å². The average Bonchev–Trinajstić information content (AvgIpc) is 1.75. The van der Waals surface area contributed by atoms with E-state index in [2.05, 4.69) is 526 Å². The highest BCUT2D eigenvalue weighted by atomic mass is 32.2. The van der Waals surface area contributed by atoms with E-state index in [1.54, 1.807) is 0 Å². The maximum atomic E-state index is 6.57. The summed E-state index contributed by atoms with van der Waals surface area (Å²) in [6.07, 6.45) is 0. The van der Waals surface area contributed by atoms with Crippen LogP contribution in [-0.4, -0.2) is 13.7 Å². The van der Waals surface area contributed by atoms with Crippen molar-refractivity contribution < 1.29 is 9.47 Å². The second kappa shape index (κ2) is 34.0. The number of hydrogen-bond acceptors (Lipinski definition) is 6. The lowest BCUT2D eigenvalue weighted by atomic mass is 10.0. The minimum absolute atomic E-state index is 0.858. The number of nitrogens with zero attached hydrogens (tertiary/aromatic N) is 6. The van der Waals surface area contributed by atoms with Crippen LogP contribution in [0.5, 0.6) is 23.0 Å². The fraction of sp³-hybridized carbons (Fsp3) is 0. The van der Waals surface area contributed by atoms with E-state index in [9.17, 15) is 0 Å². The van der Waals surface area contributed by atoms with Crippen molar-refractivity contribution in [2.24, 2.45) is 0 Å². The van der Waals surface area contributed by atoms with E-state index >= 15 is 0 Å². The average molecular weight is 1750 g/mol. The molecule has 135 heavy (non-hydrogen) atoms. The molecule has 0 saturated heterocycles. The van der Waals surface area contributed by atoms with Crippen molar-refractivity contribution in [1.82, 2.24) is 13.7 Å². The van der Waals surface area contributed by atoms with Gasteiger partial charge in [-0.2, -0.15) is 0 Å². The van der Waals surface area contributed by atoms with Gasteiger partial charge in [0.15, 0.2) is 23.0 Å². The summed E-state index contributed by atoms with van der Waals surface area (Å²) in [7, 11) is 0. The molecule has 0 spiro atoms. The van der Waals surface area contributed by atoms with Crippen LogP contribution in [0.3, 0.4) is 0 Å². The number of hydrogen-bond donors (Lipinski definition) is 0. The molecule has 21 aromatic carbocycles. The molecule has 0 saturated carbocycles. The number of fused-ring (bicyclic) bond motifs is 15. The molecule has 9 heteroatoms. The van der Waals surface area contributed by atoms with Gasteiger partial charge >= 0.3 is 0 Å². The molecule has 0 aliphatic carbocycles. The van der Waals surface area contributed by atoms with Crippen LogP contribution < -0.4 is 24.2 Å². The number of benzene rings is 21. The highest BCUT2D eigenvalue weighted by molar-refractivity contribution is 7.99. The predicted octanol–water partition coefficient (Wildman–Crippen LogP) is 35.4. The van der Waals surface area contributed by atoms with Gasteiger partial charge in [0.25, 0.3) is 0 Å². The molecule has 24 aromatic rings. The Hall–Kier alpha value is -17.6. The third-order valence-corrected chi connectivity index (χ3v) is 27.5. The number of anilines is 9. The molecule has 3 aromatic heterocycles. The van der Waals surface area contributed by atoms with Gasteiger partial charge in [0.2, 0.25) is 0 Å². The normalized spacial score (nSPS) is 11.8. The second-order valence-corrected chi connectivity index (χ2v) is 35.3. The third kappa shape index (κ3) is 14.5. The zero-order valence-corrected chi connectivity index (χ0v) is 74.2. The van der Waals surface area contributed by atoms with Crippen LogP contribution in [-0.2, 0) is 0 Å². The molecule has 0 amide bonds. The number of rotatable bonds is 15. The number of aromatic nitrogens is 3. The molecule has 3 aliphatic heterocycles. The fourth-order valence-electron chi connectivity index (χ4n) is 20.0. The molecule has 0 fully saturated rings. The summed E-state index contributed by atoms with van der Waals surface area (Å²) in [5.74, 6) is 3.51. The van der Waals surface area contributed by atoms with Gasteiger partial charge in [-0.15, -0.1) is 0 Å². The summed E-state index contributed by atoms with van der Waals surface area (Å²) in [6.45, 7) is 0. The molecule has 6 heterocycles. The summed E-state index contributed by atoms with van der Waals surface area (Å²) in [4.78, 5) is 9.53. The van der Waals surface area contributed by atoms with Crippen LogP contribution in [0.2, 0.25) is 0 Å². The molecule has 0 unspecified atom stereocenters. The van der Waals surface area contributed by atoms with Crippen LogP contribution in [0.1, 0.15) is 0 Å². The van der Waals surface area contributed by atoms with Gasteiger partial charge in [0, 0.05) is 93.3 Å². The summed E-state index contributed by atoms with van der Waals surface area (Å²) in [5.41, 5.74) is 34.7. The smallest absolute Gasteiger partial charge is 0.152 e. The quantitative estimate of drug-likeness (QED) is 0.102. The van der Waals surface area contributed by atoms with E-state index in [0.29, 0.717) is 0 Å². The first-order valence-corrected chi connectivity index (χ1v) is 46.6. The monoisotopic (exact) mass is 1740 g/mol. The maximum Gasteiger partial charge on any atom is 0.152 e. The van der Waals surface area contributed by atoms with Crippen molar-refractivity contribution in [2.75, 3.05) is 14.7 Å². The molecule has 8 nitrogen and oxygen atoms in total. The zero-order valence-electron chi connectivity index (χ0n) is 73.4. The van der Waals surface area contributed by atoms with Crippen LogP contribution in [0.25, 0.3) is 149 Å². The first-order valence-electron chi connectivity index (χ1n) is 45.8. The lowest BCUT2D eigenvalue weighted by Gasteiger charge is -2.28. The SMILES string of the molecule is c1ccc(-c2ccc(N(c3ccc(-c4ccccc4)cc3)c3ccc(-c4ccc5c(c4)Oc4cccc6c7ccccc7n-5c46)cc3)cc2)cc1.c1ccc(-c2ccc(N(c3ccc(-c4ccccc4)cc3)c3ccc4c(c3)-n3c5ccccc5c5cccc(c53)S4)cc2)cc1.c1ccc(N(c2ccccc2)c2ccc(-c3ccc4c(c3)Oc3cccc5c6ccccc6n-4c35)cc2)cc1. The lowest BCUT2D eigenvalue weighted by molar-refractivity contribution is 0.476. The molecular formula is C126H84N6O2S. The van der Waals surface area contributed by atoms with Gasteiger partial charge in [-0.25, -0.2) is 0 Å². The highest BCUT2D eigenvalue weighted by Gasteiger charge is 2.30. The first-order chi connectivity index (χ1) is 66.9. The van der Waals surface area contributed by atoms with Gasteiger partial charge in [-0.05, 0) is 243 Å². The third-order valence-electron chi connectivity index (χ3n) is 26.4. The van der Waals surface area contributed by atoms with Crippen LogP contribution in [0, 0.1) is 0 Å². The van der Waals surface area contributed by atoms with Crippen molar-refractivity contribution in [2.45, 2.75) is 9.79 Å². The number of ether oxygens (including phenoxy) is 2. The Kier molecular flexibility index (Phi) is 20.0. The first kappa shape index (κ1) is 79.5. The van der Waals surface area contributed by atoms with E-state index < -0.39 is 0 Å². The second-order valence-electron chi connectivity index (χ2n) is 34.3. The van der Waals surface area contributed by atoms with Crippen LogP contribution >= 0.6 is 11.8 Å². The Morgan fingerprint density at radius 2 is 0.407 bits per heavy atom. The van der Waals surface area contributed by atoms with Crippen LogP contribution in [0.4, 0.5) is 51.2 Å². The summed E-state index contributed by atoms with van der Waals surface area (Å²) >= 11 is 1.86. The van der Waals surface area contributed by atoms with E-state index in [-0.39, 0.29) is 0 Å². The molecule has 27 rings (SSSR count). The zero-order chi connectivity index (χ0) is 89.2. The molecule has 0 bridgehead atoms. The molecule has 3 aliphatic rings. The lowest BCUT2D eigenvalue weighted by Crippen LogP contribution is -2.11. The van der Waals surface area contributed by atoms with Crippen molar-refractivity contribution >= 4 is 128 Å². The van der Waals surface area contributed by atoms with Gasteiger partial charge in [-0.1, -0.05) is 345 Å². The van der Waals surface area contributed by atoms with Gasteiger partial charge in [0.05, 0.1) is 50.2 Å². The van der Waals surface area contributed by atoms with E-state index in [4.69, 9.17) is 9.47 Å². The maximum absolute atomic E-state index is 6.57.